The molecule has 1 rings (SSSR count). The molecule has 5 heteroatoms. The van der Waals surface area contributed by atoms with Crippen LogP contribution in [0, 0.1) is 5.82 Å². The summed E-state index contributed by atoms with van der Waals surface area (Å²) in [6.07, 6.45) is 0. The Morgan fingerprint density at radius 1 is 1.56 bits per heavy atom. The van der Waals surface area contributed by atoms with Gasteiger partial charge in [0, 0.05) is 16.7 Å². The van der Waals surface area contributed by atoms with Crippen molar-refractivity contribution in [2.24, 2.45) is 0 Å². The molecule has 0 radical (unpaired) electrons. The number of thioether (sulfide) groups is 1. The summed E-state index contributed by atoms with van der Waals surface area (Å²) in [6, 6.07) is 6.23. The summed E-state index contributed by atoms with van der Waals surface area (Å²) >= 11 is 1.33. The predicted octanol–water partition coefficient (Wildman–Crippen LogP) is 2.76. The van der Waals surface area contributed by atoms with Gasteiger partial charge in [0.15, 0.2) is 0 Å². The Kier molecular flexibility index (Phi) is 5.16. The van der Waals surface area contributed by atoms with Crippen LogP contribution in [0.2, 0.25) is 0 Å². The average Bonchev–Trinajstić information content (AvgIpc) is 2.25. The van der Waals surface area contributed by atoms with Crippen LogP contribution < -0.4 is 5.32 Å². The van der Waals surface area contributed by atoms with E-state index in [0.29, 0.717) is 5.75 Å². The van der Waals surface area contributed by atoms with Crippen LogP contribution in [0.5, 0.6) is 0 Å². The summed E-state index contributed by atoms with van der Waals surface area (Å²) in [5.74, 6) is -0.877. The fourth-order valence-electron chi connectivity index (χ4n) is 1.59. The van der Waals surface area contributed by atoms with Gasteiger partial charge in [-0.05, 0) is 39.0 Å². The largest absolute Gasteiger partial charge is 0.480 e. The molecular weight excluding hydrogens is 253 g/mol. The monoisotopic (exact) mass is 271 g/mol. The minimum Gasteiger partial charge on any atom is -0.480 e. The number of carboxylic acid groups (broad SMARTS) is 1. The Hall–Kier alpha value is -1.07. The van der Waals surface area contributed by atoms with Crippen LogP contribution in [0.3, 0.4) is 0 Å². The Bertz CT molecular complexity index is 425. The third-order valence-corrected chi connectivity index (χ3v) is 3.71. The van der Waals surface area contributed by atoms with E-state index in [1.54, 1.807) is 19.1 Å². The number of nitrogens with one attached hydrogen (secondary N) is 1. The zero-order chi connectivity index (χ0) is 13.8. The molecule has 18 heavy (non-hydrogen) atoms. The minimum atomic E-state index is -1.02. The number of benzene rings is 1. The quantitative estimate of drug-likeness (QED) is 0.781. The normalized spacial score (nSPS) is 14.5. The third kappa shape index (κ3) is 4.31. The van der Waals surface area contributed by atoms with E-state index >= 15 is 0 Å². The number of halogens is 1. The van der Waals surface area contributed by atoms with E-state index in [9.17, 15) is 14.3 Å². The van der Waals surface area contributed by atoms with Gasteiger partial charge in [0.05, 0.1) is 0 Å². The van der Waals surface area contributed by atoms with E-state index < -0.39 is 11.5 Å². The summed E-state index contributed by atoms with van der Waals surface area (Å²) in [5, 5.41) is 12.3. The molecule has 1 unspecified atom stereocenters. The van der Waals surface area contributed by atoms with Gasteiger partial charge in [0.25, 0.3) is 0 Å². The first-order chi connectivity index (χ1) is 8.33. The fourth-order valence-corrected chi connectivity index (χ4v) is 2.62. The Labute approximate surface area is 111 Å². The highest BCUT2D eigenvalue weighted by Crippen LogP contribution is 2.23. The molecule has 0 aliphatic rings. The zero-order valence-electron chi connectivity index (χ0n) is 10.7. The van der Waals surface area contributed by atoms with Crippen molar-refractivity contribution in [1.82, 2.24) is 5.32 Å². The number of carbonyl (C=O) groups is 1. The van der Waals surface area contributed by atoms with Gasteiger partial charge in [-0.2, -0.15) is 0 Å². The number of aliphatic carboxylic acids is 1. The van der Waals surface area contributed by atoms with Gasteiger partial charge >= 0.3 is 5.97 Å². The van der Waals surface area contributed by atoms with Crippen LogP contribution in [0.4, 0.5) is 4.39 Å². The number of rotatable bonds is 6. The van der Waals surface area contributed by atoms with Gasteiger partial charge in [-0.25, -0.2) is 4.39 Å². The molecule has 100 valence electrons. The summed E-state index contributed by atoms with van der Waals surface area (Å²) in [4.78, 5) is 12.0. The molecule has 3 nitrogen and oxygen atoms in total. The van der Waals surface area contributed by atoms with Crippen LogP contribution in [-0.4, -0.2) is 28.4 Å². The maximum Gasteiger partial charge on any atom is 0.324 e. The lowest BCUT2D eigenvalue weighted by atomic mass is 10.1. The molecule has 1 aromatic rings. The maximum absolute atomic E-state index is 13.0. The molecule has 1 atom stereocenters. The first-order valence-electron chi connectivity index (χ1n) is 5.73. The average molecular weight is 271 g/mol. The van der Waals surface area contributed by atoms with Crippen molar-refractivity contribution in [2.75, 3.05) is 5.75 Å². The van der Waals surface area contributed by atoms with Gasteiger partial charge in [0.1, 0.15) is 11.4 Å². The van der Waals surface area contributed by atoms with Crippen LogP contribution in [0.15, 0.2) is 29.2 Å². The lowest BCUT2D eigenvalue weighted by molar-refractivity contribution is -0.143. The fraction of sp³-hybridized carbons (Fsp3) is 0.462. The first-order valence-corrected chi connectivity index (χ1v) is 6.71. The summed E-state index contributed by atoms with van der Waals surface area (Å²) in [5.41, 5.74) is -1.02. The van der Waals surface area contributed by atoms with E-state index in [1.165, 1.54) is 23.9 Å². The van der Waals surface area contributed by atoms with Gasteiger partial charge in [-0.3, -0.25) is 10.1 Å². The van der Waals surface area contributed by atoms with Crippen molar-refractivity contribution in [3.05, 3.63) is 30.1 Å². The van der Waals surface area contributed by atoms with Crippen LogP contribution >= 0.6 is 11.8 Å². The molecule has 0 aliphatic heterocycles. The second kappa shape index (κ2) is 6.20. The van der Waals surface area contributed by atoms with Crippen LogP contribution in [0.1, 0.15) is 20.8 Å². The van der Waals surface area contributed by atoms with Crippen LogP contribution in [0.25, 0.3) is 0 Å². The predicted molar refractivity (Wildman–Crippen MR) is 71.4 cm³/mol. The maximum atomic E-state index is 13.0. The topological polar surface area (TPSA) is 49.3 Å². The highest BCUT2D eigenvalue weighted by atomic mass is 32.2. The Morgan fingerprint density at radius 2 is 2.22 bits per heavy atom. The van der Waals surface area contributed by atoms with Crippen molar-refractivity contribution < 1.29 is 14.3 Å². The molecular formula is C13H18FNO2S. The molecule has 1 aromatic carbocycles. The van der Waals surface area contributed by atoms with Crippen molar-refractivity contribution in [3.63, 3.8) is 0 Å². The van der Waals surface area contributed by atoms with Gasteiger partial charge in [-0.1, -0.05) is 6.07 Å². The van der Waals surface area contributed by atoms with Gasteiger partial charge in [0.2, 0.25) is 0 Å². The SMILES string of the molecule is CC(C)NC(C)(CSc1cccc(F)c1)C(=O)O. The molecule has 2 N–H and O–H groups in total. The molecule has 0 aromatic heterocycles. The highest BCUT2D eigenvalue weighted by Gasteiger charge is 2.33. The molecule has 0 saturated carbocycles. The number of carboxylic acids is 1. The first kappa shape index (κ1) is 15.0. The number of hydrogen-bond donors (Lipinski definition) is 2. The standard InChI is InChI=1S/C13H18FNO2S/c1-9(2)15-13(3,12(16)17)8-18-11-6-4-5-10(14)7-11/h4-7,9,15H,8H2,1-3H3,(H,16,17). The smallest absolute Gasteiger partial charge is 0.324 e. The Balaban J connectivity index is 2.71. The molecule has 0 saturated heterocycles. The van der Waals surface area contributed by atoms with E-state index in [0.717, 1.165) is 4.90 Å². The second-order valence-corrected chi connectivity index (χ2v) is 5.73. The summed E-state index contributed by atoms with van der Waals surface area (Å²) < 4.78 is 13.0. The highest BCUT2D eigenvalue weighted by molar-refractivity contribution is 7.99. The Morgan fingerprint density at radius 3 is 2.72 bits per heavy atom. The van der Waals surface area contributed by atoms with E-state index in [-0.39, 0.29) is 11.9 Å². The van der Waals surface area contributed by atoms with E-state index in [1.807, 2.05) is 13.8 Å². The van der Waals surface area contributed by atoms with Crippen molar-refractivity contribution in [2.45, 2.75) is 37.2 Å². The lowest BCUT2D eigenvalue weighted by Crippen LogP contribution is -2.54. The second-order valence-electron chi connectivity index (χ2n) is 4.68. The van der Waals surface area contributed by atoms with Crippen molar-refractivity contribution in [1.29, 1.82) is 0 Å². The van der Waals surface area contributed by atoms with Crippen LogP contribution in [-0.2, 0) is 4.79 Å². The lowest BCUT2D eigenvalue weighted by Gasteiger charge is -2.28. The van der Waals surface area contributed by atoms with E-state index in [4.69, 9.17) is 0 Å². The summed E-state index contributed by atoms with van der Waals surface area (Å²) in [7, 11) is 0. The van der Waals surface area contributed by atoms with Crippen molar-refractivity contribution >= 4 is 17.7 Å². The molecule has 0 bridgehead atoms. The third-order valence-electron chi connectivity index (χ3n) is 2.40. The zero-order valence-corrected chi connectivity index (χ0v) is 11.6. The number of hydrogen-bond acceptors (Lipinski definition) is 3. The van der Waals surface area contributed by atoms with E-state index in [2.05, 4.69) is 5.32 Å². The van der Waals surface area contributed by atoms with Crippen molar-refractivity contribution in [3.8, 4) is 0 Å². The van der Waals surface area contributed by atoms with Gasteiger partial charge < -0.3 is 5.11 Å². The minimum absolute atomic E-state index is 0.0687. The van der Waals surface area contributed by atoms with Gasteiger partial charge in [-0.15, -0.1) is 11.8 Å². The molecule has 0 heterocycles. The molecule has 0 fully saturated rings. The molecule has 0 aliphatic carbocycles. The molecule has 0 amide bonds. The summed E-state index contributed by atoms with van der Waals surface area (Å²) in [6.45, 7) is 5.43. The molecule has 0 spiro atoms.